The molecule has 0 unspecified atom stereocenters. The average Bonchev–Trinajstić information content (AvgIpc) is 3.79. The summed E-state index contributed by atoms with van der Waals surface area (Å²) in [4.78, 5) is 0. The molecule has 0 N–H and O–H groups in total. The van der Waals surface area contributed by atoms with E-state index in [1.54, 1.807) is 0 Å². The second-order valence-electron chi connectivity index (χ2n) is 11.6. The summed E-state index contributed by atoms with van der Waals surface area (Å²) in [6.07, 6.45) is 0. The summed E-state index contributed by atoms with van der Waals surface area (Å²) in [5.74, 6) is 3.44. The van der Waals surface area contributed by atoms with Crippen LogP contribution in [0.4, 0.5) is 0 Å². The monoisotopic (exact) mass is 580 g/mol. The molecule has 0 bridgehead atoms. The molecule has 0 radical (unpaired) electrons. The lowest BCUT2D eigenvalue weighted by Crippen LogP contribution is -2.32. The van der Waals surface area contributed by atoms with E-state index in [1.807, 2.05) is 11.3 Å². The molecule has 1 aliphatic heterocycles. The van der Waals surface area contributed by atoms with E-state index >= 15 is 0 Å². The molecule has 0 fully saturated rings. The zero-order chi connectivity index (χ0) is 28.8. The number of hydrogen-bond acceptors (Lipinski definition) is 3. The van der Waals surface area contributed by atoms with Crippen molar-refractivity contribution in [3.8, 4) is 45.3 Å². The Morgan fingerprint density at radius 2 is 1.09 bits per heavy atom. The van der Waals surface area contributed by atoms with Crippen LogP contribution in [0.5, 0.6) is 11.5 Å². The first-order valence-electron chi connectivity index (χ1n) is 14.9. The van der Waals surface area contributed by atoms with Crippen LogP contribution in [0.1, 0.15) is 22.3 Å². The van der Waals surface area contributed by atoms with Crippen LogP contribution in [0, 0.1) is 0 Å². The third-order valence-corrected chi connectivity index (χ3v) is 10.5. The highest BCUT2D eigenvalue weighted by molar-refractivity contribution is 7.25. The van der Waals surface area contributed by atoms with Crippen LogP contribution in [0.25, 0.3) is 53.9 Å². The third-order valence-electron chi connectivity index (χ3n) is 9.41. The van der Waals surface area contributed by atoms with Crippen molar-refractivity contribution in [1.82, 2.24) is 0 Å². The zero-order valence-electron chi connectivity index (χ0n) is 23.6. The van der Waals surface area contributed by atoms with E-state index in [2.05, 4.69) is 146 Å². The van der Waals surface area contributed by atoms with Crippen LogP contribution in [0.3, 0.4) is 0 Å². The molecule has 1 spiro atoms. The standard InChI is InChI=1S/C41H24O2S/c1-4-14-30-26(10-1)27-11-2-5-15-31(27)41(30)32-16-6-7-17-36(32)43-37-24-25(20-21-33(37)41)34-22-23-35(42-34)28-13-9-19-39-40(28)29-12-3-8-18-38(29)44-39/h1-24H. The smallest absolute Gasteiger partial charge is 0.135 e. The van der Waals surface area contributed by atoms with E-state index in [0.29, 0.717) is 0 Å². The summed E-state index contributed by atoms with van der Waals surface area (Å²) in [5, 5.41) is 2.52. The molecule has 1 aliphatic carbocycles. The summed E-state index contributed by atoms with van der Waals surface area (Å²) in [6, 6.07) is 52.0. The Bertz CT molecular complexity index is 2400. The largest absolute Gasteiger partial charge is 0.457 e. The van der Waals surface area contributed by atoms with E-state index < -0.39 is 5.41 Å². The van der Waals surface area contributed by atoms with E-state index in [9.17, 15) is 0 Å². The molecule has 0 atom stereocenters. The van der Waals surface area contributed by atoms with Crippen molar-refractivity contribution < 1.29 is 9.15 Å². The van der Waals surface area contributed by atoms with Gasteiger partial charge in [-0.15, -0.1) is 11.3 Å². The molecule has 3 heterocycles. The van der Waals surface area contributed by atoms with Gasteiger partial charge in [0.05, 0.1) is 5.41 Å². The highest BCUT2D eigenvalue weighted by Gasteiger charge is 2.50. The number of hydrogen-bond donors (Lipinski definition) is 0. The molecule has 206 valence electrons. The summed E-state index contributed by atoms with van der Waals surface area (Å²) in [5.41, 5.74) is 9.12. The minimum absolute atomic E-state index is 0.458. The molecule has 44 heavy (non-hydrogen) atoms. The molecule has 8 aromatic rings. The number of benzene rings is 6. The van der Waals surface area contributed by atoms with Crippen LogP contribution in [-0.4, -0.2) is 0 Å². The maximum atomic E-state index is 6.70. The van der Waals surface area contributed by atoms with E-state index in [1.165, 1.54) is 48.0 Å². The van der Waals surface area contributed by atoms with Gasteiger partial charge < -0.3 is 9.15 Å². The van der Waals surface area contributed by atoms with Crippen LogP contribution < -0.4 is 4.74 Å². The third kappa shape index (κ3) is 3.09. The maximum Gasteiger partial charge on any atom is 0.135 e. The number of para-hydroxylation sites is 1. The van der Waals surface area contributed by atoms with Crippen LogP contribution >= 0.6 is 11.3 Å². The fourth-order valence-electron chi connectivity index (χ4n) is 7.63. The highest BCUT2D eigenvalue weighted by Crippen LogP contribution is 2.62. The SMILES string of the molecule is c1ccc2c(c1)Oc1cc(-c3ccc(-c4cccc5sc6ccccc6c45)o3)ccc1C21c2ccccc2-c2ccccc21. The summed E-state index contributed by atoms with van der Waals surface area (Å²) < 4.78 is 15.9. The second-order valence-corrected chi connectivity index (χ2v) is 12.7. The Morgan fingerprint density at radius 1 is 0.455 bits per heavy atom. The van der Waals surface area contributed by atoms with Gasteiger partial charge in [0.15, 0.2) is 0 Å². The molecule has 0 saturated carbocycles. The van der Waals surface area contributed by atoms with Gasteiger partial charge in [-0.2, -0.15) is 0 Å². The maximum absolute atomic E-state index is 6.70. The van der Waals surface area contributed by atoms with Crippen molar-refractivity contribution in [2.75, 3.05) is 0 Å². The van der Waals surface area contributed by atoms with Gasteiger partial charge in [-0.3, -0.25) is 0 Å². The minimum atomic E-state index is -0.458. The van der Waals surface area contributed by atoms with E-state index in [4.69, 9.17) is 9.15 Å². The quantitative estimate of drug-likeness (QED) is 0.203. The molecule has 2 nitrogen and oxygen atoms in total. The van der Waals surface area contributed by atoms with Gasteiger partial charge in [0, 0.05) is 42.4 Å². The topological polar surface area (TPSA) is 22.4 Å². The van der Waals surface area contributed by atoms with Crippen LogP contribution in [0.15, 0.2) is 150 Å². The zero-order valence-corrected chi connectivity index (χ0v) is 24.4. The Labute approximate surface area is 258 Å². The second kappa shape index (κ2) is 8.82. The van der Waals surface area contributed by atoms with Gasteiger partial charge in [-0.25, -0.2) is 0 Å². The molecule has 6 aromatic carbocycles. The summed E-state index contributed by atoms with van der Waals surface area (Å²) >= 11 is 1.82. The van der Waals surface area contributed by atoms with Gasteiger partial charge >= 0.3 is 0 Å². The van der Waals surface area contributed by atoms with Crippen LogP contribution in [-0.2, 0) is 5.41 Å². The Hall–Kier alpha value is -5.38. The minimum Gasteiger partial charge on any atom is -0.457 e. The Balaban J connectivity index is 1.16. The van der Waals surface area contributed by atoms with Gasteiger partial charge in [0.25, 0.3) is 0 Å². The molecule has 2 aromatic heterocycles. The first-order valence-corrected chi connectivity index (χ1v) is 15.7. The molecule has 3 heteroatoms. The van der Waals surface area contributed by atoms with Gasteiger partial charge in [0.1, 0.15) is 23.0 Å². The lowest BCUT2D eigenvalue weighted by Gasteiger charge is -2.39. The highest BCUT2D eigenvalue weighted by atomic mass is 32.1. The van der Waals surface area contributed by atoms with Crippen molar-refractivity contribution >= 4 is 31.5 Å². The first-order chi connectivity index (χ1) is 21.8. The Kier molecular flexibility index (Phi) is 4.83. The van der Waals surface area contributed by atoms with Gasteiger partial charge in [-0.1, -0.05) is 109 Å². The van der Waals surface area contributed by atoms with Crippen molar-refractivity contribution in [1.29, 1.82) is 0 Å². The fraction of sp³-hybridized carbons (Fsp3) is 0.0244. The van der Waals surface area contributed by atoms with Crippen molar-refractivity contribution in [2.24, 2.45) is 0 Å². The van der Waals surface area contributed by atoms with Gasteiger partial charge in [0.2, 0.25) is 0 Å². The number of thiophene rings is 1. The normalized spacial score (nSPS) is 13.8. The first kappa shape index (κ1) is 24.1. The predicted molar refractivity (Wildman–Crippen MR) is 180 cm³/mol. The molecular formula is C41H24O2S. The lowest BCUT2D eigenvalue weighted by atomic mass is 9.66. The Morgan fingerprint density at radius 3 is 1.93 bits per heavy atom. The van der Waals surface area contributed by atoms with E-state index in [-0.39, 0.29) is 0 Å². The molecular weight excluding hydrogens is 557 g/mol. The number of rotatable bonds is 2. The van der Waals surface area contributed by atoms with Crippen LogP contribution in [0.2, 0.25) is 0 Å². The number of fused-ring (bicyclic) bond motifs is 12. The average molecular weight is 581 g/mol. The molecule has 10 rings (SSSR count). The molecule has 0 amide bonds. The predicted octanol–water partition coefficient (Wildman–Crippen LogP) is 11.5. The molecule has 0 saturated heterocycles. The summed E-state index contributed by atoms with van der Waals surface area (Å²) in [6.45, 7) is 0. The lowest BCUT2D eigenvalue weighted by molar-refractivity contribution is 0.436. The van der Waals surface area contributed by atoms with E-state index in [0.717, 1.165) is 39.7 Å². The number of furan rings is 1. The van der Waals surface area contributed by atoms with Crippen molar-refractivity contribution in [3.63, 3.8) is 0 Å². The fourth-order valence-corrected chi connectivity index (χ4v) is 8.76. The van der Waals surface area contributed by atoms with Gasteiger partial charge in [-0.05, 0) is 58.7 Å². The van der Waals surface area contributed by atoms with Crippen molar-refractivity contribution in [2.45, 2.75) is 5.41 Å². The number of ether oxygens (including phenoxy) is 1. The van der Waals surface area contributed by atoms with Crippen molar-refractivity contribution in [3.05, 3.63) is 168 Å². The molecule has 2 aliphatic rings. The summed E-state index contributed by atoms with van der Waals surface area (Å²) in [7, 11) is 0.